The summed E-state index contributed by atoms with van der Waals surface area (Å²) in [5, 5.41) is 0. The van der Waals surface area contributed by atoms with Crippen LogP contribution in [-0.4, -0.2) is 43.6 Å². The number of nitrogens with zero attached hydrogens (tertiary/aromatic N) is 1. The molecule has 0 spiro atoms. The SMILES string of the molecule is CN(C)S(=O)(=O)c1ccc(C(=O)NNC(=O)c2cc(Br)c[nH]2)cc1. The van der Waals surface area contributed by atoms with Crippen LogP contribution in [-0.2, 0) is 10.0 Å². The van der Waals surface area contributed by atoms with Crippen molar-refractivity contribution in [3.05, 3.63) is 52.3 Å². The van der Waals surface area contributed by atoms with E-state index in [1.54, 1.807) is 12.3 Å². The molecular formula is C14H15BrN4O4S. The maximum absolute atomic E-state index is 12.0. The first-order valence-electron chi connectivity index (χ1n) is 6.69. The summed E-state index contributed by atoms with van der Waals surface area (Å²) in [6, 6.07) is 6.94. The van der Waals surface area contributed by atoms with Crippen molar-refractivity contribution < 1.29 is 18.0 Å². The van der Waals surface area contributed by atoms with E-state index in [0.717, 1.165) is 4.31 Å². The van der Waals surface area contributed by atoms with Gasteiger partial charge in [0, 0.05) is 30.3 Å². The second kappa shape index (κ2) is 7.16. The Balaban J connectivity index is 2.02. The minimum Gasteiger partial charge on any atom is -0.356 e. The third-order valence-corrected chi connectivity index (χ3v) is 5.36. The number of rotatable bonds is 4. The fraction of sp³-hybridized carbons (Fsp3) is 0.143. The first-order chi connectivity index (χ1) is 11.2. The molecule has 0 bridgehead atoms. The highest BCUT2D eigenvalue weighted by atomic mass is 79.9. The van der Waals surface area contributed by atoms with Crippen molar-refractivity contribution in [2.75, 3.05) is 14.1 Å². The summed E-state index contributed by atoms with van der Waals surface area (Å²) in [6.45, 7) is 0. The largest absolute Gasteiger partial charge is 0.356 e. The lowest BCUT2D eigenvalue weighted by atomic mass is 10.2. The van der Waals surface area contributed by atoms with Gasteiger partial charge in [-0.2, -0.15) is 0 Å². The smallest absolute Gasteiger partial charge is 0.286 e. The third-order valence-electron chi connectivity index (χ3n) is 3.08. The first kappa shape index (κ1) is 18.2. The topological polar surface area (TPSA) is 111 Å². The molecule has 24 heavy (non-hydrogen) atoms. The Morgan fingerprint density at radius 1 is 1.08 bits per heavy atom. The minimum absolute atomic E-state index is 0.0734. The van der Waals surface area contributed by atoms with Crippen molar-refractivity contribution in [2.24, 2.45) is 0 Å². The predicted molar refractivity (Wildman–Crippen MR) is 90.7 cm³/mol. The van der Waals surface area contributed by atoms with Crippen molar-refractivity contribution in [1.29, 1.82) is 0 Å². The molecule has 0 atom stereocenters. The van der Waals surface area contributed by atoms with Crippen LogP contribution in [0.1, 0.15) is 20.8 Å². The van der Waals surface area contributed by atoms with E-state index in [1.165, 1.54) is 38.4 Å². The van der Waals surface area contributed by atoms with Crippen molar-refractivity contribution in [2.45, 2.75) is 4.90 Å². The quantitative estimate of drug-likeness (QED) is 0.650. The Morgan fingerprint density at radius 2 is 1.67 bits per heavy atom. The molecule has 3 N–H and O–H groups in total. The van der Waals surface area contributed by atoms with E-state index in [0.29, 0.717) is 4.47 Å². The van der Waals surface area contributed by atoms with Crippen LogP contribution in [0, 0.1) is 0 Å². The lowest BCUT2D eigenvalue weighted by molar-refractivity contribution is 0.0844. The molecule has 1 aromatic carbocycles. The van der Waals surface area contributed by atoms with Gasteiger partial charge in [0.25, 0.3) is 11.8 Å². The summed E-state index contributed by atoms with van der Waals surface area (Å²) in [4.78, 5) is 26.6. The van der Waals surface area contributed by atoms with Crippen LogP contribution in [0.15, 0.2) is 45.9 Å². The zero-order valence-electron chi connectivity index (χ0n) is 12.8. The molecule has 2 aromatic rings. The number of hydrogen-bond acceptors (Lipinski definition) is 4. The fourth-order valence-electron chi connectivity index (χ4n) is 1.74. The van der Waals surface area contributed by atoms with Crippen molar-refractivity contribution in [1.82, 2.24) is 20.1 Å². The van der Waals surface area contributed by atoms with E-state index < -0.39 is 21.8 Å². The maximum atomic E-state index is 12.0. The van der Waals surface area contributed by atoms with Gasteiger partial charge in [0.15, 0.2) is 0 Å². The van der Waals surface area contributed by atoms with Crippen LogP contribution in [0.3, 0.4) is 0 Å². The van der Waals surface area contributed by atoms with Gasteiger partial charge in [-0.15, -0.1) is 0 Å². The molecule has 1 heterocycles. The fourth-order valence-corrected chi connectivity index (χ4v) is 2.99. The Kier molecular flexibility index (Phi) is 5.42. The molecule has 0 saturated heterocycles. The zero-order valence-corrected chi connectivity index (χ0v) is 15.2. The molecule has 2 amide bonds. The Bertz CT molecular complexity index is 859. The summed E-state index contributed by atoms with van der Waals surface area (Å²) < 4.78 is 25.7. The Labute approximate surface area is 147 Å². The molecule has 0 aliphatic carbocycles. The van der Waals surface area contributed by atoms with Crippen LogP contribution >= 0.6 is 15.9 Å². The number of amides is 2. The number of halogens is 1. The standard InChI is InChI=1S/C14H15BrN4O4S/c1-19(2)24(22,23)11-5-3-9(4-6-11)13(20)17-18-14(21)12-7-10(15)8-16-12/h3-8,16H,1-2H3,(H,17,20)(H,18,21). The highest BCUT2D eigenvalue weighted by Gasteiger charge is 2.17. The lowest BCUT2D eigenvalue weighted by Crippen LogP contribution is -2.41. The molecule has 0 radical (unpaired) electrons. The van der Waals surface area contributed by atoms with Crippen LogP contribution in [0.25, 0.3) is 0 Å². The van der Waals surface area contributed by atoms with Crippen molar-refractivity contribution >= 4 is 37.8 Å². The van der Waals surface area contributed by atoms with Crippen LogP contribution in [0.5, 0.6) is 0 Å². The maximum Gasteiger partial charge on any atom is 0.286 e. The van der Waals surface area contributed by atoms with Gasteiger partial charge < -0.3 is 4.98 Å². The average molecular weight is 415 g/mol. The summed E-state index contributed by atoms with van der Waals surface area (Å²) in [6.07, 6.45) is 1.58. The van der Waals surface area contributed by atoms with Gasteiger partial charge in [-0.3, -0.25) is 20.4 Å². The van der Waals surface area contributed by atoms with Crippen LogP contribution < -0.4 is 10.9 Å². The number of carbonyl (C=O) groups is 2. The van der Waals surface area contributed by atoms with Gasteiger partial charge in [-0.1, -0.05) is 0 Å². The Morgan fingerprint density at radius 3 is 2.17 bits per heavy atom. The lowest BCUT2D eigenvalue weighted by Gasteiger charge is -2.11. The Hall–Kier alpha value is -2.17. The van der Waals surface area contributed by atoms with Gasteiger partial charge in [-0.05, 0) is 46.3 Å². The molecule has 10 heteroatoms. The summed E-state index contributed by atoms with van der Waals surface area (Å²) in [5.41, 5.74) is 4.99. The number of carbonyl (C=O) groups excluding carboxylic acids is 2. The van der Waals surface area contributed by atoms with Crippen molar-refractivity contribution in [3.63, 3.8) is 0 Å². The molecule has 128 valence electrons. The van der Waals surface area contributed by atoms with Gasteiger partial charge in [0.1, 0.15) is 5.69 Å². The number of nitrogens with one attached hydrogen (secondary N) is 3. The van der Waals surface area contributed by atoms with Crippen molar-refractivity contribution in [3.8, 4) is 0 Å². The number of aromatic amines is 1. The summed E-state index contributed by atoms with van der Waals surface area (Å²) in [5.74, 6) is -1.08. The van der Waals surface area contributed by atoms with Gasteiger partial charge >= 0.3 is 0 Å². The normalized spacial score (nSPS) is 11.3. The van der Waals surface area contributed by atoms with E-state index in [2.05, 4.69) is 31.8 Å². The molecule has 0 aliphatic heterocycles. The number of benzene rings is 1. The molecule has 0 unspecified atom stereocenters. The van der Waals surface area contributed by atoms with Gasteiger partial charge in [-0.25, -0.2) is 12.7 Å². The van der Waals surface area contributed by atoms with Gasteiger partial charge in [0.05, 0.1) is 4.90 Å². The van der Waals surface area contributed by atoms with Crippen LogP contribution in [0.4, 0.5) is 0 Å². The number of H-pyrrole nitrogens is 1. The predicted octanol–water partition coefficient (Wildman–Crippen LogP) is 1.10. The van der Waals surface area contributed by atoms with Crippen LogP contribution in [0.2, 0.25) is 0 Å². The zero-order chi connectivity index (χ0) is 17.9. The first-order valence-corrected chi connectivity index (χ1v) is 8.92. The monoisotopic (exact) mass is 414 g/mol. The van der Waals surface area contributed by atoms with E-state index in [-0.39, 0.29) is 16.2 Å². The number of sulfonamides is 1. The number of hydrogen-bond donors (Lipinski definition) is 3. The molecule has 8 nitrogen and oxygen atoms in total. The summed E-state index contributed by atoms with van der Waals surface area (Å²) >= 11 is 3.20. The summed E-state index contributed by atoms with van der Waals surface area (Å²) in [7, 11) is -0.713. The highest BCUT2D eigenvalue weighted by Crippen LogP contribution is 2.14. The van der Waals surface area contributed by atoms with E-state index >= 15 is 0 Å². The minimum atomic E-state index is -3.56. The molecule has 0 fully saturated rings. The second-order valence-electron chi connectivity index (χ2n) is 4.95. The average Bonchev–Trinajstić information content (AvgIpc) is 2.98. The molecule has 0 aliphatic rings. The van der Waals surface area contributed by atoms with E-state index in [4.69, 9.17) is 0 Å². The molecule has 2 rings (SSSR count). The van der Waals surface area contributed by atoms with Gasteiger partial charge in [0.2, 0.25) is 10.0 Å². The molecule has 1 aromatic heterocycles. The molecular weight excluding hydrogens is 400 g/mol. The molecule has 0 saturated carbocycles. The third kappa shape index (κ3) is 4.02. The van der Waals surface area contributed by atoms with E-state index in [1.807, 2.05) is 0 Å². The number of hydrazine groups is 1. The second-order valence-corrected chi connectivity index (χ2v) is 8.02. The number of aromatic nitrogens is 1. The highest BCUT2D eigenvalue weighted by molar-refractivity contribution is 9.10. The van der Waals surface area contributed by atoms with E-state index in [9.17, 15) is 18.0 Å².